The van der Waals surface area contributed by atoms with Gasteiger partial charge in [-0.1, -0.05) is 37.1 Å². The molecule has 1 fully saturated rings. The number of benzene rings is 1. The topological polar surface area (TPSA) is 46.2 Å². The average molecular weight is 233 g/mol. The zero-order valence-corrected chi connectivity index (χ0v) is 10.9. The first-order chi connectivity index (χ1) is 7.91. The highest BCUT2D eigenvalue weighted by Crippen LogP contribution is 2.38. The van der Waals surface area contributed by atoms with Gasteiger partial charge < -0.3 is 10.8 Å². The minimum absolute atomic E-state index is 0.165. The molecule has 0 radical (unpaired) electrons. The molecular formula is C15H23NO. The van der Waals surface area contributed by atoms with Gasteiger partial charge in [-0.25, -0.2) is 0 Å². The van der Waals surface area contributed by atoms with Gasteiger partial charge in [-0.15, -0.1) is 0 Å². The van der Waals surface area contributed by atoms with Crippen LogP contribution in [0.25, 0.3) is 0 Å². The van der Waals surface area contributed by atoms with Gasteiger partial charge in [-0.3, -0.25) is 0 Å². The molecule has 0 bridgehead atoms. The lowest BCUT2D eigenvalue weighted by molar-refractivity contribution is 0.0804. The first-order valence-corrected chi connectivity index (χ1v) is 6.50. The smallest absolute Gasteiger partial charge is 0.0632 e. The Hall–Kier alpha value is -0.860. The molecule has 0 spiro atoms. The summed E-state index contributed by atoms with van der Waals surface area (Å²) in [6, 6.07) is 8.31. The maximum atomic E-state index is 9.98. The predicted octanol–water partition coefficient (Wildman–Crippen LogP) is 2.73. The first kappa shape index (κ1) is 12.6. The highest BCUT2D eigenvalue weighted by molar-refractivity contribution is 5.35. The molecule has 0 saturated heterocycles. The van der Waals surface area contributed by atoms with Crippen LogP contribution in [0.2, 0.25) is 0 Å². The molecular weight excluding hydrogens is 210 g/mol. The lowest BCUT2D eigenvalue weighted by Crippen LogP contribution is -2.35. The van der Waals surface area contributed by atoms with Crippen LogP contribution in [-0.2, 0) is 12.0 Å². The summed E-state index contributed by atoms with van der Waals surface area (Å²) in [6.45, 7) is 3.70. The van der Waals surface area contributed by atoms with Crippen molar-refractivity contribution in [1.29, 1.82) is 0 Å². The van der Waals surface area contributed by atoms with Crippen LogP contribution in [0.4, 0.5) is 0 Å². The molecule has 3 N–H and O–H groups in total. The van der Waals surface area contributed by atoms with Crippen LogP contribution in [0.5, 0.6) is 0 Å². The van der Waals surface area contributed by atoms with Crippen molar-refractivity contribution in [3.63, 3.8) is 0 Å². The summed E-state index contributed by atoms with van der Waals surface area (Å²) in [5.41, 5.74) is 8.11. The second kappa shape index (κ2) is 4.43. The van der Waals surface area contributed by atoms with E-state index in [4.69, 9.17) is 5.73 Å². The number of nitrogens with two attached hydrogens (primary N) is 1. The maximum Gasteiger partial charge on any atom is 0.0632 e. The molecule has 1 aliphatic rings. The Morgan fingerprint density at radius 1 is 1.24 bits per heavy atom. The van der Waals surface area contributed by atoms with Crippen LogP contribution >= 0.6 is 0 Å². The summed E-state index contributed by atoms with van der Waals surface area (Å²) in [5.74, 6) is 0. The molecule has 0 amide bonds. The summed E-state index contributed by atoms with van der Waals surface area (Å²) in [6.07, 6.45) is 5.23. The minimum atomic E-state index is -0.676. The Kier molecular flexibility index (Phi) is 3.28. The first-order valence-electron chi connectivity index (χ1n) is 6.50. The number of rotatable bonds is 3. The Morgan fingerprint density at radius 3 is 2.41 bits per heavy atom. The van der Waals surface area contributed by atoms with Gasteiger partial charge in [0.05, 0.1) is 5.60 Å². The summed E-state index contributed by atoms with van der Waals surface area (Å²) < 4.78 is 0. The van der Waals surface area contributed by atoms with E-state index in [2.05, 4.69) is 18.2 Å². The van der Waals surface area contributed by atoms with E-state index in [1.807, 2.05) is 19.9 Å². The zero-order valence-electron chi connectivity index (χ0n) is 10.9. The fraction of sp³-hybridized carbons (Fsp3) is 0.600. The Balaban J connectivity index is 2.33. The van der Waals surface area contributed by atoms with Crippen LogP contribution in [0.15, 0.2) is 24.3 Å². The summed E-state index contributed by atoms with van der Waals surface area (Å²) in [7, 11) is 0. The van der Waals surface area contributed by atoms with Crippen molar-refractivity contribution in [2.45, 2.75) is 57.1 Å². The van der Waals surface area contributed by atoms with E-state index in [0.717, 1.165) is 12.8 Å². The standard InChI is InChI=1S/C15H23NO/c1-14(2,17)11-12-7-3-4-8-13(12)15(16)9-5-6-10-15/h3-4,7-8,17H,5-6,9-11,16H2,1-2H3. The van der Waals surface area contributed by atoms with E-state index in [1.54, 1.807) is 0 Å². The fourth-order valence-electron chi connectivity index (χ4n) is 2.90. The molecule has 1 aliphatic carbocycles. The van der Waals surface area contributed by atoms with Crippen molar-refractivity contribution >= 4 is 0 Å². The van der Waals surface area contributed by atoms with Crippen LogP contribution in [0.3, 0.4) is 0 Å². The molecule has 94 valence electrons. The number of hydrogen-bond donors (Lipinski definition) is 2. The molecule has 17 heavy (non-hydrogen) atoms. The van der Waals surface area contributed by atoms with Crippen molar-refractivity contribution in [1.82, 2.24) is 0 Å². The van der Waals surface area contributed by atoms with Gasteiger partial charge in [0.15, 0.2) is 0 Å². The van der Waals surface area contributed by atoms with Crippen molar-refractivity contribution in [2.24, 2.45) is 5.73 Å². The van der Waals surface area contributed by atoms with Crippen LogP contribution < -0.4 is 5.73 Å². The number of aliphatic hydroxyl groups is 1. The molecule has 2 heteroatoms. The number of hydrogen-bond acceptors (Lipinski definition) is 2. The summed E-state index contributed by atoms with van der Waals surface area (Å²) in [4.78, 5) is 0. The monoisotopic (exact) mass is 233 g/mol. The van der Waals surface area contributed by atoms with Crippen molar-refractivity contribution in [3.8, 4) is 0 Å². The third kappa shape index (κ3) is 2.88. The zero-order chi connectivity index (χ0) is 12.5. The van der Waals surface area contributed by atoms with Crippen molar-refractivity contribution < 1.29 is 5.11 Å². The third-order valence-corrected chi connectivity index (χ3v) is 3.67. The normalized spacial score (nSPS) is 19.5. The van der Waals surface area contributed by atoms with Crippen LogP contribution in [0, 0.1) is 0 Å². The van der Waals surface area contributed by atoms with Crippen molar-refractivity contribution in [2.75, 3.05) is 0 Å². The van der Waals surface area contributed by atoms with Gasteiger partial charge in [0.1, 0.15) is 0 Å². The van der Waals surface area contributed by atoms with E-state index in [1.165, 1.54) is 24.0 Å². The highest BCUT2D eigenvalue weighted by Gasteiger charge is 2.33. The minimum Gasteiger partial charge on any atom is -0.390 e. The molecule has 1 saturated carbocycles. The van der Waals surface area contributed by atoms with Gasteiger partial charge in [-0.2, -0.15) is 0 Å². The van der Waals surface area contributed by atoms with Gasteiger partial charge in [-0.05, 0) is 37.8 Å². The van der Waals surface area contributed by atoms with Gasteiger partial charge in [0.25, 0.3) is 0 Å². The van der Waals surface area contributed by atoms with E-state index in [9.17, 15) is 5.11 Å². The summed E-state index contributed by atoms with van der Waals surface area (Å²) >= 11 is 0. The quantitative estimate of drug-likeness (QED) is 0.843. The highest BCUT2D eigenvalue weighted by atomic mass is 16.3. The van der Waals surface area contributed by atoms with Gasteiger partial charge >= 0.3 is 0 Å². The van der Waals surface area contributed by atoms with Crippen LogP contribution in [-0.4, -0.2) is 10.7 Å². The second-order valence-electron chi connectivity index (χ2n) is 6.01. The van der Waals surface area contributed by atoms with E-state index in [0.29, 0.717) is 6.42 Å². The SMILES string of the molecule is CC(C)(O)Cc1ccccc1C1(N)CCCC1. The largest absolute Gasteiger partial charge is 0.390 e. The van der Waals surface area contributed by atoms with E-state index in [-0.39, 0.29) is 5.54 Å². The molecule has 0 atom stereocenters. The average Bonchev–Trinajstić information content (AvgIpc) is 2.64. The maximum absolute atomic E-state index is 9.98. The lowest BCUT2D eigenvalue weighted by atomic mass is 9.83. The fourth-order valence-corrected chi connectivity index (χ4v) is 2.90. The lowest BCUT2D eigenvalue weighted by Gasteiger charge is -2.29. The molecule has 0 aromatic heterocycles. The molecule has 0 aliphatic heterocycles. The van der Waals surface area contributed by atoms with E-state index < -0.39 is 5.60 Å². The third-order valence-electron chi connectivity index (χ3n) is 3.67. The molecule has 2 rings (SSSR count). The molecule has 1 aromatic rings. The molecule has 0 heterocycles. The molecule has 1 aromatic carbocycles. The van der Waals surface area contributed by atoms with Crippen molar-refractivity contribution in [3.05, 3.63) is 35.4 Å². The van der Waals surface area contributed by atoms with Gasteiger partial charge in [0.2, 0.25) is 0 Å². The second-order valence-corrected chi connectivity index (χ2v) is 6.01. The van der Waals surface area contributed by atoms with Crippen LogP contribution in [0.1, 0.15) is 50.7 Å². The Labute approximate surface area is 104 Å². The predicted molar refractivity (Wildman–Crippen MR) is 70.8 cm³/mol. The van der Waals surface area contributed by atoms with E-state index >= 15 is 0 Å². The van der Waals surface area contributed by atoms with Gasteiger partial charge in [0, 0.05) is 12.0 Å². The summed E-state index contributed by atoms with van der Waals surface area (Å²) in [5, 5.41) is 9.98. The Bertz CT molecular complexity index is 386. The molecule has 0 unspecified atom stereocenters. The Morgan fingerprint density at radius 2 is 1.82 bits per heavy atom. The molecule has 2 nitrogen and oxygen atoms in total.